The molecule has 4 rings (SSSR count). The van der Waals surface area contributed by atoms with Crippen LogP contribution in [0.15, 0.2) is 67.0 Å². The number of nitrogens with one attached hydrogen (secondary N) is 1. The summed E-state index contributed by atoms with van der Waals surface area (Å²) in [6.45, 7) is 0. The molecule has 2 heterocycles. The number of amides is 1. The van der Waals surface area contributed by atoms with Crippen molar-refractivity contribution in [3.8, 4) is 0 Å². The highest BCUT2D eigenvalue weighted by atomic mass is 32.1. The van der Waals surface area contributed by atoms with Gasteiger partial charge in [0, 0.05) is 24.1 Å². The molecule has 0 radical (unpaired) electrons. The van der Waals surface area contributed by atoms with E-state index in [2.05, 4.69) is 10.3 Å². The summed E-state index contributed by atoms with van der Waals surface area (Å²) in [5, 5.41) is 4.08. The number of carbonyl (C=O) groups excluding carboxylic acids is 1. The summed E-state index contributed by atoms with van der Waals surface area (Å²) in [5.74, 6) is 0.192. The van der Waals surface area contributed by atoms with Crippen molar-refractivity contribution in [2.75, 3.05) is 0 Å². The van der Waals surface area contributed by atoms with E-state index in [0.29, 0.717) is 10.7 Å². The van der Waals surface area contributed by atoms with E-state index in [4.69, 9.17) is 0 Å². The zero-order valence-electron chi connectivity index (χ0n) is 14.0. The fourth-order valence-electron chi connectivity index (χ4n) is 2.90. The van der Waals surface area contributed by atoms with Gasteiger partial charge in [-0.15, -0.1) is 11.3 Å². The number of thiophene rings is 1. The molecule has 4 nitrogen and oxygen atoms in total. The number of halogens is 1. The third-order valence-corrected chi connectivity index (χ3v) is 5.36. The maximum atomic E-state index is 13.3. The summed E-state index contributed by atoms with van der Waals surface area (Å²) in [5.41, 5.74) is 0.773. The zero-order chi connectivity index (χ0) is 18.1. The first-order chi connectivity index (χ1) is 12.6. The normalized spacial score (nSPS) is 12.2. The van der Waals surface area contributed by atoms with Crippen LogP contribution in [0.5, 0.6) is 0 Å². The Balaban J connectivity index is 1.69. The summed E-state index contributed by atoms with van der Waals surface area (Å²) < 4.78 is 16.2. The summed E-state index contributed by atoms with van der Waals surface area (Å²) in [6, 6.07) is 15.4. The van der Waals surface area contributed by atoms with Crippen LogP contribution < -0.4 is 5.32 Å². The SMILES string of the molecule is Cn1ccnc1[C@H](NC(=O)c1cc2ccccc2s1)c1ccc(F)cc1. The second kappa shape index (κ2) is 6.72. The van der Waals surface area contributed by atoms with Crippen molar-refractivity contribution in [2.45, 2.75) is 6.04 Å². The van der Waals surface area contributed by atoms with Crippen molar-refractivity contribution in [1.29, 1.82) is 0 Å². The molecule has 0 aliphatic carbocycles. The van der Waals surface area contributed by atoms with Crippen molar-refractivity contribution in [3.63, 3.8) is 0 Å². The van der Waals surface area contributed by atoms with Gasteiger partial charge in [0.2, 0.25) is 0 Å². The average molecular weight is 365 g/mol. The number of fused-ring (bicyclic) bond motifs is 1. The summed E-state index contributed by atoms with van der Waals surface area (Å²) in [6.07, 6.45) is 3.49. The van der Waals surface area contributed by atoms with Gasteiger partial charge in [0.05, 0.1) is 4.88 Å². The third-order valence-electron chi connectivity index (χ3n) is 4.24. The Bertz CT molecular complexity index is 1040. The Labute approximate surface area is 153 Å². The molecule has 0 aliphatic heterocycles. The van der Waals surface area contributed by atoms with Crippen LogP contribution in [0.2, 0.25) is 0 Å². The Kier molecular flexibility index (Phi) is 4.26. The summed E-state index contributed by atoms with van der Waals surface area (Å²) in [7, 11) is 1.87. The predicted octanol–water partition coefficient (Wildman–Crippen LogP) is 4.29. The van der Waals surface area contributed by atoms with Gasteiger partial charge in [-0.2, -0.15) is 0 Å². The van der Waals surface area contributed by atoms with E-state index >= 15 is 0 Å². The zero-order valence-corrected chi connectivity index (χ0v) is 14.8. The first-order valence-corrected chi connectivity index (χ1v) is 8.95. The number of imidazole rings is 1. The molecule has 26 heavy (non-hydrogen) atoms. The van der Waals surface area contributed by atoms with Gasteiger partial charge in [0.15, 0.2) is 0 Å². The highest BCUT2D eigenvalue weighted by molar-refractivity contribution is 7.20. The quantitative estimate of drug-likeness (QED) is 0.586. The molecule has 4 aromatic rings. The van der Waals surface area contributed by atoms with Gasteiger partial charge < -0.3 is 9.88 Å². The van der Waals surface area contributed by atoms with Crippen LogP contribution in [0.3, 0.4) is 0 Å². The number of hydrogen-bond donors (Lipinski definition) is 1. The second-order valence-corrected chi connectivity index (χ2v) is 7.09. The van der Waals surface area contributed by atoms with Gasteiger partial charge >= 0.3 is 0 Å². The van der Waals surface area contributed by atoms with Crippen molar-refractivity contribution < 1.29 is 9.18 Å². The number of benzene rings is 2. The molecule has 0 unspecified atom stereocenters. The van der Waals surface area contributed by atoms with Crippen LogP contribution in [-0.2, 0) is 7.05 Å². The first-order valence-electron chi connectivity index (χ1n) is 8.14. The third kappa shape index (κ3) is 3.11. The molecular weight excluding hydrogens is 349 g/mol. The minimum absolute atomic E-state index is 0.177. The lowest BCUT2D eigenvalue weighted by Gasteiger charge is -2.18. The molecule has 2 aromatic carbocycles. The van der Waals surface area contributed by atoms with Crippen molar-refractivity contribution in [3.05, 3.63) is 89.1 Å². The molecule has 1 atom stereocenters. The highest BCUT2D eigenvalue weighted by Crippen LogP contribution is 2.27. The van der Waals surface area contributed by atoms with Crippen LogP contribution in [0.4, 0.5) is 4.39 Å². The van der Waals surface area contributed by atoms with Crippen LogP contribution in [0, 0.1) is 5.82 Å². The van der Waals surface area contributed by atoms with E-state index in [9.17, 15) is 9.18 Å². The van der Waals surface area contributed by atoms with Crippen LogP contribution >= 0.6 is 11.3 Å². The number of aromatic nitrogens is 2. The van der Waals surface area contributed by atoms with Crippen LogP contribution in [-0.4, -0.2) is 15.5 Å². The summed E-state index contributed by atoms with van der Waals surface area (Å²) >= 11 is 1.45. The number of nitrogens with zero attached hydrogens (tertiary/aromatic N) is 2. The number of aryl methyl sites for hydroxylation is 1. The Morgan fingerprint density at radius 1 is 1.19 bits per heavy atom. The minimum Gasteiger partial charge on any atom is -0.337 e. The van der Waals surface area contributed by atoms with E-state index in [0.717, 1.165) is 15.6 Å². The van der Waals surface area contributed by atoms with E-state index in [-0.39, 0.29) is 11.7 Å². The Morgan fingerprint density at radius 2 is 1.96 bits per heavy atom. The molecule has 0 bridgehead atoms. The topological polar surface area (TPSA) is 46.9 Å². The molecule has 0 saturated carbocycles. The summed E-state index contributed by atoms with van der Waals surface area (Å²) in [4.78, 5) is 17.9. The van der Waals surface area contributed by atoms with Crippen LogP contribution in [0.25, 0.3) is 10.1 Å². The van der Waals surface area contributed by atoms with Gasteiger partial charge in [-0.1, -0.05) is 30.3 Å². The minimum atomic E-state index is -0.465. The standard InChI is InChI=1S/C20H16FN3OS/c1-24-11-10-22-19(24)18(13-6-8-15(21)9-7-13)23-20(25)17-12-14-4-2-3-5-16(14)26-17/h2-12,18H,1H3,(H,23,25)/t18-/m1/s1. The molecule has 1 N–H and O–H groups in total. The molecular formula is C20H16FN3OS. The maximum absolute atomic E-state index is 13.3. The number of carbonyl (C=O) groups is 1. The van der Waals surface area contributed by atoms with Crippen molar-refractivity contribution in [1.82, 2.24) is 14.9 Å². The lowest BCUT2D eigenvalue weighted by atomic mass is 10.1. The van der Waals surface area contributed by atoms with Crippen LogP contribution in [0.1, 0.15) is 27.1 Å². The average Bonchev–Trinajstić information content (AvgIpc) is 3.26. The number of hydrogen-bond acceptors (Lipinski definition) is 3. The monoisotopic (exact) mass is 365 g/mol. The van der Waals surface area contributed by atoms with E-state index in [1.165, 1.54) is 23.5 Å². The molecule has 0 spiro atoms. The highest BCUT2D eigenvalue weighted by Gasteiger charge is 2.22. The van der Waals surface area contributed by atoms with E-state index in [1.807, 2.05) is 48.1 Å². The second-order valence-electron chi connectivity index (χ2n) is 6.00. The first kappa shape index (κ1) is 16.5. The Hall–Kier alpha value is -2.99. The fourth-order valence-corrected chi connectivity index (χ4v) is 3.87. The molecule has 0 saturated heterocycles. The largest absolute Gasteiger partial charge is 0.337 e. The van der Waals surface area contributed by atoms with E-state index < -0.39 is 6.04 Å². The molecule has 130 valence electrons. The predicted molar refractivity (Wildman–Crippen MR) is 101 cm³/mol. The smallest absolute Gasteiger partial charge is 0.262 e. The maximum Gasteiger partial charge on any atom is 0.262 e. The van der Waals surface area contributed by atoms with Gasteiger partial charge in [-0.3, -0.25) is 4.79 Å². The lowest BCUT2D eigenvalue weighted by molar-refractivity contribution is 0.0945. The van der Waals surface area contributed by atoms with E-state index in [1.54, 1.807) is 18.3 Å². The van der Waals surface area contributed by atoms with Crippen molar-refractivity contribution >= 4 is 27.3 Å². The van der Waals surface area contributed by atoms with Gasteiger partial charge in [0.25, 0.3) is 5.91 Å². The van der Waals surface area contributed by atoms with Crippen molar-refractivity contribution in [2.24, 2.45) is 7.05 Å². The lowest BCUT2D eigenvalue weighted by Crippen LogP contribution is -2.30. The fraction of sp³-hybridized carbons (Fsp3) is 0.100. The molecule has 1 amide bonds. The van der Waals surface area contributed by atoms with Gasteiger partial charge in [-0.25, -0.2) is 9.37 Å². The molecule has 0 fully saturated rings. The van der Waals surface area contributed by atoms with Gasteiger partial charge in [0.1, 0.15) is 17.7 Å². The van der Waals surface area contributed by atoms with Gasteiger partial charge in [-0.05, 0) is 35.2 Å². The molecule has 6 heteroatoms. The number of rotatable bonds is 4. The molecule has 0 aliphatic rings. The molecule has 2 aromatic heterocycles. The Morgan fingerprint density at radius 3 is 2.65 bits per heavy atom.